The summed E-state index contributed by atoms with van der Waals surface area (Å²) >= 11 is 3.13. The third-order valence-corrected chi connectivity index (χ3v) is 8.02. The van der Waals surface area contributed by atoms with Crippen LogP contribution in [-0.4, -0.2) is 43.8 Å². The molecule has 0 unspecified atom stereocenters. The number of sulfone groups is 1. The number of hydrogen-bond donors (Lipinski definition) is 0. The van der Waals surface area contributed by atoms with Crippen molar-refractivity contribution in [3.05, 3.63) is 52.3 Å². The molecule has 0 spiro atoms. The van der Waals surface area contributed by atoms with E-state index in [1.54, 1.807) is 23.9 Å². The summed E-state index contributed by atoms with van der Waals surface area (Å²) < 4.78 is 33.4. The highest BCUT2D eigenvalue weighted by molar-refractivity contribution is 7.98. The van der Waals surface area contributed by atoms with E-state index < -0.39 is 21.5 Å². The summed E-state index contributed by atoms with van der Waals surface area (Å²) in [6, 6.07) is 10.2. The molecule has 3 aromatic rings. The van der Waals surface area contributed by atoms with Gasteiger partial charge in [-0.25, -0.2) is 8.42 Å². The SMILES string of the molecule is COc1ccc(S(=O)(=O)CC(=O)N=c2sc3c(C)cc(C)cc3n2CCSC)cc1. The van der Waals surface area contributed by atoms with E-state index in [2.05, 4.69) is 17.1 Å². The molecule has 0 saturated carbocycles. The number of thiazole rings is 1. The number of nitrogens with zero attached hydrogens (tertiary/aromatic N) is 2. The number of fused-ring (bicyclic) bond motifs is 1. The molecule has 6 nitrogen and oxygen atoms in total. The fourth-order valence-electron chi connectivity index (χ4n) is 3.16. The second-order valence-electron chi connectivity index (χ2n) is 6.90. The number of aryl methyl sites for hydroxylation is 3. The number of ether oxygens (including phenoxy) is 1. The van der Waals surface area contributed by atoms with Crippen LogP contribution >= 0.6 is 23.1 Å². The highest BCUT2D eigenvalue weighted by Crippen LogP contribution is 2.24. The van der Waals surface area contributed by atoms with Crippen molar-refractivity contribution in [2.75, 3.05) is 24.9 Å². The third kappa shape index (κ3) is 4.96. The van der Waals surface area contributed by atoms with E-state index >= 15 is 0 Å². The molecule has 0 radical (unpaired) electrons. The van der Waals surface area contributed by atoms with Crippen molar-refractivity contribution in [2.45, 2.75) is 25.3 Å². The van der Waals surface area contributed by atoms with Gasteiger partial charge in [0, 0.05) is 12.3 Å². The Kier molecular flexibility index (Phi) is 7.05. The van der Waals surface area contributed by atoms with Gasteiger partial charge >= 0.3 is 0 Å². The summed E-state index contributed by atoms with van der Waals surface area (Å²) in [6.07, 6.45) is 2.02. The maximum Gasteiger partial charge on any atom is 0.263 e. The zero-order chi connectivity index (χ0) is 21.9. The normalized spacial score (nSPS) is 12.5. The minimum absolute atomic E-state index is 0.0740. The lowest BCUT2D eigenvalue weighted by Gasteiger charge is -2.06. The number of aromatic nitrogens is 1. The molecule has 160 valence electrons. The first-order valence-electron chi connectivity index (χ1n) is 9.29. The van der Waals surface area contributed by atoms with Crippen LogP contribution in [0.4, 0.5) is 0 Å². The topological polar surface area (TPSA) is 77.7 Å². The number of thioether (sulfide) groups is 1. The van der Waals surface area contributed by atoms with Gasteiger partial charge in [-0.3, -0.25) is 4.79 Å². The van der Waals surface area contributed by atoms with Crippen LogP contribution in [0.15, 0.2) is 46.3 Å². The van der Waals surface area contributed by atoms with E-state index in [9.17, 15) is 13.2 Å². The molecule has 1 aromatic heterocycles. The van der Waals surface area contributed by atoms with Crippen LogP contribution in [0.1, 0.15) is 11.1 Å². The average molecular weight is 465 g/mol. The summed E-state index contributed by atoms with van der Waals surface area (Å²) in [5.74, 6) is 0.0683. The van der Waals surface area contributed by atoms with Crippen molar-refractivity contribution in [3.8, 4) is 5.75 Å². The van der Waals surface area contributed by atoms with Gasteiger partial charge in [-0.2, -0.15) is 16.8 Å². The second-order valence-corrected chi connectivity index (χ2v) is 10.9. The van der Waals surface area contributed by atoms with Crippen LogP contribution in [0.25, 0.3) is 10.2 Å². The van der Waals surface area contributed by atoms with Gasteiger partial charge in [0.25, 0.3) is 5.91 Å². The minimum Gasteiger partial charge on any atom is -0.497 e. The Bertz CT molecular complexity index is 1240. The molecule has 0 bridgehead atoms. The highest BCUT2D eigenvalue weighted by atomic mass is 32.2. The van der Waals surface area contributed by atoms with Gasteiger partial charge in [0.1, 0.15) is 11.5 Å². The lowest BCUT2D eigenvalue weighted by atomic mass is 10.1. The predicted octanol–water partition coefficient (Wildman–Crippen LogP) is 3.59. The molecule has 0 aliphatic rings. The summed E-state index contributed by atoms with van der Waals surface area (Å²) in [7, 11) is -2.28. The highest BCUT2D eigenvalue weighted by Gasteiger charge is 2.20. The fourth-order valence-corrected chi connectivity index (χ4v) is 5.76. The van der Waals surface area contributed by atoms with Crippen LogP contribution in [0.3, 0.4) is 0 Å². The Labute approximate surface area is 184 Å². The molecule has 0 saturated heterocycles. The zero-order valence-corrected chi connectivity index (χ0v) is 19.8. The number of methoxy groups -OCH3 is 1. The van der Waals surface area contributed by atoms with Crippen molar-refractivity contribution in [3.63, 3.8) is 0 Å². The molecule has 0 N–H and O–H groups in total. The van der Waals surface area contributed by atoms with Crippen LogP contribution in [0.5, 0.6) is 5.75 Å². The quantitative estimate of drug-likeness (QED) is 0.534. The summed E-state index contributed by atoms with van der Waals surface area (Å²) in [4.78, 5) is 17.4. The smallest absolute Gasteiger partial charge is 0.263 e. The molecular weight excluding hydrogens is 440 g/mol. The van der Waals surface area contributed by atoms with Crippen molar-refractivity contribution in [1.29, 1.82) is 0 Å². The largest absolute Gasteiger partial charge is 0.497 e. The van der Waals surface area contributed by atoms with Gasteiger partial charge in [0.2, 0.25) is 0 Å². The number of hydrogen-bond acceptors (Lipinski definition) is 6. The van der Waals surface area contributed by atoms with Gasteiger partial charge in [-0.15, -0.1) is 0 Å². The molecule has 9 heteroatoms. The Morgan fingerprint density at radius 3 is 2.53 bits per heavy atom. The summed E-state index contributed by atoms with van der Waals surface area (Å²) in [5.41, 5.74) is 3.28. The van der Waals surface area contributed by atoms with E-state index in [0.717, 1.165) is 27.1 Å². The average Bonchev–Trinajstić information content (AvgIpc) is 3.03. The Balaban J connectivity index is 1.98. The predicted molar refractivity (Wildman–Crippen MR) is 123 cm³/mol. The maximum atomic E-state index is 12.6. The molecule has 0 fully saturated rings. The van der Waals surface area contributed by atoms with Crippen molar-refractivity contribution < 1.29 is 17.9 Å². The molecule has 30 heavy (non-hydrogen) atoms. The number of carbonyl (C=O) groups is 1. The van der Waals surface area contributed by atoms with Gasteiger partial charge in [-0.05, 0) is 61.6 Å². The Hall–Kier alpha value is -2.10. The molecule has 0 aliphatic carbocycles. The summed E-state index contributed by atoms with van der Waals surface area (Å²) in [5, 5.41) is 0. The molecule has 1 amide bonds. The zero-order valence-electron chi connectivity index (χ0n) is 17.3. The van der Waals surface area contributed by atoms with Crippen molar-refractivity contribution in [1.82, 2.24) is 4.57 Å². The second kappa shape index (κ2) is 9.36. The first-order chi connectivity index (χ1) is 14.2. The van der Waals surface area contributed by atoms with Crippen LogP contribution in [0, 0.1) is 13.8 Å². The minimum atomic E-state index is -3.79. The summed E-state index contributed by atoms with van der Waals surface area (Å²) in [6.45, 7) is 4.76. The van der Waals surface area contributed by atoms with Crippen LogP contribution < -0.4 is 9.54 Å². The fraction of sp³-hybridized carbons (Fsp3) is 0.333. The molecule has 1 heterocycles. The Morgan fingerprint density at radius 2 is 1.90 bits per heavy atom. The van der Waals surface area contributed by atoms with Gasteiger partial charge in [0.15, 0.2) is 14.6 Å². The molecular formula is C21H24N2O4S3. The maximum absolute atomic E-state index is 12.6. The van der Waals surface area contributed by atoms with Gasteiger partial charge in [-0.1, -0.05) is 17.4 Å². The molecule has 2 aromatic carbocycles. The molecule has 0 atom stereocenters. The van der Waals surface area contributed by atoms with E-state index in [-0.39, 0.29) is 4.90 Å². The first kappa shape index (κ1) is 22.6. The molecule has 3 rings (SSSR count). The van der Waals surface area contributed by atoms with Gasteiger partial charge < -0.3 is 9.30 Å². The molecule has 0 aliphatic heterocycles. The van der Waals surface area contributed by atoms with Gasteiger partial charge in [0.05, 0.1) is 22.2 Å². The lowest BCUT2D eigenvalue weighted by molar-refractivity contribution is -0.115. The number of rotatable bonds is 7. The number of amides is 1. The van der Waals surface area contributed by atoms with E-state index in [0.29, 0.717) is 17.1 Å². The third-order valence-electron chi connectivity index (χ3n) is 4.59. The number of benzene rings is 2. The first-order valence-corrected chi connectivity index (χ1v) is 13.2. The standard InChI is InChI=1S/C21H24N2O4S3/c1-14-11-15(2)20-18(12-14)23(9-10-28-4)21(29-20)22-19(24)13-30(25,26)17-7-5-16(27-3)6-8-17/h5-8,11-12H,9-10,13H2,1-4H3. The van der Waals surface area contributed by atoms with E-state index in [1.165, 1.54) is 30.6 Å². The lowest BCUT2D eigenvalue weighted by Crippen LogP contribution is -2.21. The van der Waals surface area contributed by atoms with Crippen LogP contribution in [0.2, 0.25) is 0 Å². The van der Waals surface area contributed by atoms with Crippen molar-refractivity contribution in [2.24, 2.45) is 4.99 Å². The van der Waals surface area contributed by atoms with E-state index in [1.807, 2.05) is 24.7 Å². The monoisotopic (exact) mass is 464 g/mol. The van der Waals surface area contributed by atoms with Crippen molar-refractivity contribution >= 4 is 49.1 Å². The number of carbonyl (C=O) groups excluding carboxylic acids is 1. The van der Waals surface area contributed by atoms with E-state index in [4.69, 9.17) is 4.74 Å². The Morgan fingerprint density at radius 1 is 1.20 bits per heavy atom. The van der Waals surface area contributed by atoms with Crippen LogP contribution in [-0.2, 0) is 21.2 Å².